The first-order valence-corrected chi connectivity index (χ1v) is 9.79. The fourth-order valence-electron chi connectivity index (χ4n) is 4.58. The summed E-state index contributed by atoms with van der Waals surface area (Å²) < 4.78 is 7.69. The molecule has 1 aromatic heterocycles. The molecule has 3 heterocycles. The van der Waals surface area contributed by atoms with E-state index < -0.39 is 0 Å². The van der Waals surface area contributed by atoms with Gasteiger partial charge >= 0.3 is 0 Å². The Morgan fingerprint density at radius 3 is 2.84 bits per heavy atom. The summed E-state index contributed by atoms with van der Waals surface area (Å²) >= 11 is 0. The zero-order valence-corrected chi connectivity index (χ0v) is 14.7. The van der Waals surface area contributed by atoms with Crippen molar-refractivity contribution < 1.29 is 4.74 Å². The molecule has 0 amide bonds. The highest BCUT2D eigenvalue weighted by Crippen LogP contribution is 2.33. The predicted octanol–water partition coefficient (Wildman–Crippen LogP) is 3.07. The minimum Gasteiger partial charge on any atom is -0.381 e. The maximum Gasteiger partial charge on any atom is 0.154 e. The molecule has 0 radical (unpaired) electrons. The highest BCUT2D eigenvalue weighted by Gasteiger charge is 2.29. The molecular weight excluding hydrogens is 312 g/mol. The molecule has 3 aliphatic rings. The van der Waals surface area contributed by atoms with E-state index in [1.165, 1.54) is 36.1 Å². The Bertz CT molecular complexity index is 757. The van der Waals surface area contributed by atoms with Gasteiger partial charge in [-0.2, -0.15) is 5.10 Å². The Hall–Kier alpha value is -1.72. The van der Waals surface area contributed by atoms with E-state index in [2.05, 4.69) is 28.2 Å². The third-order valence-corrected chi connectivity index (χ3v) is 5.96. The smallest absolute Gasteiger partial charge is 0.154 e. The van der Waals surface area contributed by atoms with E-state index in [4.69, 9.17) is 14.8 Å². The van der Waals surface area contributed by atoms with Crippen LogP contribution in [0.1, 0.15) is 66.8 Å². The lowest BCUT2D eigenvalue weighted by atomic mass is 10.00. The Kier molecular flexibility index (Phi) is 4.06. The number of nitrogens with zero attached hydrogens (tertiary/aromatic N) is 3. The van der Waals surface area contributed by atoms with Gasteiger partial charge in [-0.1, -0.05) is 12.1 Å². The first-order valence-electron chi connectivity index (χ1n) is 9.79. The summed E-state index contributed by atoms with van der Waals surface area (Å²) in [6.45, 7) is 2.74. The number of rotatable bonds is 3. The molecule has 5 nitrogen and oxygen atoms in total. The van der Waals surface area contributed by atoms with Crippen LogP contribution in [0.5, 0.6) is 0 Å². The Balaban J connectivity index is 1.59. The fourth-order valence-corrected chi connectivity index (χ4v) is 4.58. The van der Waals surface area contributed by atoms with E-state index in [1.54, 1.807) is 0 Å². The van der Waals surface area contributed by atoms with Crippen LogP contribution in [0.4, 0.5) is 0 Å². The molecule has 132 valence electrons. The summed E-state index contributed by atoms with van der Waals surface area (Å²) in [6, 6.07) is 7.01. The molecule has 2 saturated heterocycles. The Morgan fingerprint density at radius 1 is 1.08 bits per heavy atom. The van der Waals surface area contributed by atoms with E-state index in [9.17, 15) is 0 Å². The first-order chi connectivity index (χ1) is 12.4. The lowest BCUT2D eigenvalue weighted by Crippen LogP contribution is -2.18. The van der Waals surface area contributed by atoms with Gasteiger partial charge < -0.3 is 10.1 Å². The van der Waals surface area contributed by atoms with Gasteiger partial charge in [-0.05, 0) is 68.7 Å². The second kappa shape index (κ2) is 6.54. The van der Waals surface area contributed by atoms with E-state index in [-0.39, 0.29) is 0 Å². The van der Waals surface area contributed by atoms with Crippen molar-refractivity contribution in [2.45, 2.75) is 56.9 Å². The lowest BCUT2D eigenvalue weighted by molar-refractivity contribution is 0.0836. The topological polar surface area (TPSA) is 52.0 Å². The van der Waals surface area contributed by atoms with Crippen molar-refractivity contribution in [1.82, 2.24) is 20.1 Å². The molecular formula is C20H26N4O. The molecule has 2 fully saturated rings. The molecule has 5 rings (SSSR count). The molecule has 25 heavy (non-hydrogen) atoms. The second-order valence-electron chi connectivity index (χ2n) is 7.54. The molecule has 2 aliphatic heterocycles. The third kappa shape index (κ3) is 2.79. The summed E-state index contributed by atoms with van der Waals surface area (Å²) in [4.78, 5) is 5.05. The molecule has 5 heteroatoms. The zero-order chi connectivity index (χ0) is 16.6. The molecule has 1 N–H and O–H groups in total. The standard InChI is InChI=1S/C20H26N4O/c1-4-14-5-2-8-18(16(14)6-1)24-20(17-7-3-11-21-17)22-19(23-24)15-9-12-25-13-10-15/h2,5,8,15,17,21H,1,3-4,6-7,9-13H2/t17-/m1/s1. The first kappa shape index (κ1) is 15.5. The van der Waals surface area contributed by atoms with Gasteiger partial charge in [0.15, 0.2) is 5.82 Å². The molecule has 1 aromatic carbocycles. The van der Waals surface area contributed by atoms with E-state index >= 15 is 0 Å². The minimum absolute atomic E-state index is 0.332. The van der Waals surface area contributed by atoms with Crippen LogP contribution < -0.4 is 5.32 Å². The van der Waals surface area contributed by atoms with Crippen molar-refractivity contribution in [3.05, 3.63) is 41.0 Å². The SMILES string of the molecule is c1cc2c(c(-n3nc(C4CCOCC4)nc3[C@H]3CCCN3)c1)CCC2. The van der Waals surface area contributed by atoms with Gasteiger partial charge in [0.25, 0.3) is 0 Å². The summed E-state index contributed by atoms with van der Waals surface area (Å²) in [5.74, 6) is 2.56. The van der Waals surface area contributed by atoms with Crippen LogP contribution in [0.3, 0.4) is 0 Å². The Labute approximate surface area is 148 Å². The van der Waals surface area contributed by atoms with Gasteiger partial charge in [-0.25, -0.2) is 9.67 Å². The van der Waals surface area contributed by atoms with Crippen LogP contribution in [-0.2, 0) is 17.6 Å². The zero-order valence-electron chi connectivity index (χ0n) is 14.7. The summed E-state index contributed by atoms with van der Waals surface area (Å²) in [6.07, 6.45) is 8.06. The van der Waals surface area contributed by atoms with Gasteiger partial charge in [0.1, 0.15) is 5.82 Å². The maximum absolute atomic E-state index is 5.53. The number of hydrogen-bond donors (Lipinski definition) is 1. The number of benzene rings is 1. The number of nitrogens with one attached hydrogen (secondary N) is 1. The highest BCUT2D eigenvalue weighted by molar-refractivity contribution is 5.48. The Morgan fingerprint density at radius 2 is 2.00 bits per heavy atom. The molecule has 0 saturated carbocycles. The van der Waals surface area contributed by atoms with Crippen molar-refractivity contribution in [3.8, 4) is 5.69 Å². The number of hydrogen-bond acceptors (Lipinski definition) is 4. The van der Waals surface area contributed by atoms with Crippen molar-refractivity contribution in [3.63, 3.8) is 0 Å². The lowest BCUT2D eigenvalue weighted by Gasteiger charge is -2.19. The third-order valence-electron chi connectivity index (χ3n) is 5.96. The monoisotopic (exact) mass is 338 g/mol. The molecule has 1 aliphatic carbocycles. The van der Waals surface area contributed by atoms with Crippen LogP contribution in [0.2, 0.25) is 0 Å². The van der Waals surface area contributed by atoms with Gasteiger partial charge in [0.2, 0.25) is 0 Å². The van der Waals surface area contributed by atoms with Crippen molar-refractivity contribution >= 4 is 0 Å². The van der Waals surface area contributed by atoms with Gasteiger partial charge in [0, 0.05) is 19.1 Å². The normalized spacial score (nSPS) is 23.9. The number of ether oxygens (including phenoxy) is 1. The van der Waals surface area contributed by atoms with Crippen LogP contribution in [-0.4, -0.2) is 34.5 Å². The van der Waals surface area contributed by atoms with Gasteiger partial charge in [-0.3, -0.25) is 0 Å². The number of fused-ring (bicyclic) bond motifs is 1. The van der Waals surface area contributed by atoms with Gasteiger partial charge in [0.05, 0.1) is 11.7 Å². The van der Waals surface area contributed by atoms with Crippen LogP contribution in [0.25, 0.3) is 5.69 Å². The van der Waals surface area contributed by atoms with E-state index in [1.807, 2.05) is 0 Å². The fraction of sp³-hybridized carbons (Fsp3) is 0.600. The predicted molar refractivity (Wildman–Crippen MR) is 96.2 cm³/mol. The van der Waals surface area contributed by atoms with Crippen LogP contribution in [0, 0.1) is 0 Å². The summed E-state index contributed by atoms with van der Waals surface area (Å²) in [5.41, 5.74) is 4.22. The van der Waals surface area contributed by atoms with Crippen molar-refractivity contribution in [1.29, 1.82) is 0 Å². The van der Waals surface area contributed by atoms with Crippen molar-refractivity contribution in [2.24, 2.45) is 0 Å². The average Bonchev–Trinajstić information content (AvgIpc) is 3.40. The summed E-state index contributed by atoms with van der Waals surface area (Å²) in [5, 5.41) is 8.66. The number of aromatic nitrogens is 3. The number of aryl methyl sites for hydroxylation is 1. The van der Waals surface area contributed by atoms with E-state index in [0.717, 1.165) is 57.1 Å². The van der Waals surface area contributed by atoms with Crippen molar-refractivity contribution in [2.75, 3.05) is 19.8 Å². The van der Waals surface area contributed by atoms with Gasteiger partial charge in [-0.15, -0.1) is 0 Å². The highest BCUT2D eigenvalue weighted by atomic mass is 16.5. The minimum atomic E-state index is 0.332. The molecule has 0 spiro atoms. The molecule has 2 aromatic rings. The average molecular weight is 338 g/mol. The molecule has 1 atom stereocenters. The molecule has 0 unspecified atom stereocenters. The van der Waals surface area contributed by atoms with Crippen LogP contribution >= 0.6 is 0 Å². The quantitative estimate of drug-likeness (QED) is 0.934. The summed E-state index contributed by atoms with van der Waals surface area (Å²) in [7, 11) is 0. The second-order valence-corrected chi connectivity index (χ2v) is 7.54. The maximum atomic E-state index is 5.53. The largest absolute Gasteiger partial charge is 0.381 e. The van der Waals surface area contributed by atoms with E-state index in [0.29, 0.717) is 12.0 Å². The molecule has 0 bridgehead atoms. The van der Waals surface area contributed by atoms with Crippen LogP contribution in [0.15, 0.2) is 18.2 Å².